The molecule has 1 atom stereocenters. The van der Waals surface area contributed by atoms with Gasteiger partial charge in [0.25, 0.3) is 0 Å². The third-order valence-corrected chi connectivity index (χ3v) is 1.89. The summed E-state index contributed by atoms with van der Waals surface area (Å²) in [6.07, 6.45) is 0. The van der Waals surface area contributed by atoms with Crippen molar-refractivity contribution >= 4 is 0 Å². The average Bonchev–Trinajstić information content (AvgIpc) is 2.08. The van der Waals surface area contributed by atoms with Crippen molar-refractivity contribution in [2.24, 2.45) is 11.5 Å². The number of benzene rings is 1. The second kappa shape index (κ2) is 3.65. The van der Waals surface area contributed by atoms with Gasteiger partial charge in [-0.1, -0.05) is 6.07 Å². The zero-order valence-electron chi connectivity index (χ0n) is 7.05. The molecule has 1 rings (SSSR count). The topological polar surface area (TPSA) is 52.0 Å². The molecule has 0 spiro atoms. The van der Waals surface area contributed by atoms with E-state index in [2.05, 4.69) is 0 Å². The first-order valence-corrected chi connectivity index (χ1v) is 3.87. The summed E-state index contributed by atoms with van der Waals surface area (Å²) in [5.41, 5.74) is 12.8. The second-order valence-corrected chi connectivity index (χ2v) is 2.84. The van der Waals surface area contributed by atoms with Gasteiger partial charge in [0, 0.05) is 12.6 Å². The van der Waals surface area contributed by atoms with Crippen molar-refractivity contribution in [1.82, 2.24) is 0 Å². The summed E-state index contributed by atoms with van der Waals surface area (Å²) in [6, 6.07) is 4.30. The third kappa shape index (κ3) is 1.81. The average molecular weight is 168 g/mol. The Kier molecular flexibility index (Phi) is 2.78. The summed E-state index contributed by atoms with van der Waals surface area (Å²) < 4.78 is 12.7. The number of nitrogens with two attached hydrogens (primary N) is 2. The largest absolute Gasteiger partial charge is 0.329 e. The van der Waals surface area contributed by atoms with Crippen LogP contribution >= 0.6 is 0 Å². The van der Waals surface area contributed by atoms with E-state index in [1.807, 2.05) is 6.92 Å². The van der Waals surface area contributed by atoms with Crippen molar-refractivity contribution in [2.45, 2.75) is 13.0 Å². The van der Waals surface area contributed by atoms with E-state index < -0.39 is 0 Å². The van der Waals surface area contributed by atoms with Crippen molar-refractivity contribution in [3.63, 3.8) is 0 Å². The van der Waals surface area contributed by atoms with Gasteiger partial charge >= 0.3 is 0 Å². The van der Waals surface area contributed by atoms with E-state index in [1.54, 1.807) is 6.07 Å². The van der Waals surface area contributed by atoms with Crippen LogP contribution in [0.3, 0.4) is 0 Å². The van der Waals surface area contributed by atoms with E-state index in [0.717, 1.165) is 11.1 Å². The molecule has 66 valence electrons. The van der Waals surface area contributed by atoms with E-state index in [0.29, 0.717) is 6.54 Å². The van der Waals surface area contributed by atoms with Gasteiger partial charge in [-0.25, -0.2) is 4.39 Å². The molecule has 0 saturated carbocycles. The molecule has 4 N–H and O–H groups in total. The van der Waals surface area contributed by atoms with Gasteiger partial charge in [-0.15, -0.1) is 0 Å². The Bertz CT molecular complexity index is 273. The summed E-state index contributed by atoms with van der Waals surface area (Å²) in [5.74, 6) is -0.264. The lowest BCUT2D eigenvalue weighted by Gasteiger charge is -2.11. The molecule has 3 heteroatoms. The minimum atomic E-state index is -0.264. The summed E-state index contributed by atoms with van der Waals surface area (Å²) >= 11 is 0. The minimum Gasteiger partial charge on any atom is -0.329 e. The van der Waals surface area contributed by atoms with Crippen molar-refractivity contribution in [2.75, 3.05) is 6.54 Å². The molecule has 0 fully saturated rings. The number of aryl methyl sites for hydroxylation is 1. The summed E-state index contributed by atoms with van der Waals surface area (Å²) in [4.78, 5) is 0. The zero-order chi connectivity index (χ0) is 9.14. The Morgan fingerprint density at radius 1 is 1.50 bits per heavy atom. The maximum atomic E-state index is 12.7. The summed E-state index contributed by atoms with van der Waals surface area (Å²) in [5, 5.41) is 0. The first-order chi connectivity index (χ1) is 5.65. The molecule has 1 unspecified atom stereocenters. The predicted molar refractivity (Wildman–Crippen MR) is 47.1 cm³/mol. The van der Waals surface area contributed by atoms with E-state index >= 15 is 0 Å². The van der Waals surface area contributed by atoms with E-state index in [4.69, 9.17) is 11.5 Å². The van der Waals surface area contributed by atoms with E-state index in [1.165, 1.54) is 12.1 Å². The van der Waals surface area contributed by atoms with Crippen LogP contribution in [-0.4, -0.2) is 6.54 Å². The Morgan fingerprint density at radius 2 is 2.17 bits per heavy atom. The van der Waals surface area contributed by atoms with Gasteiger partial charge in [0.05, 0.1) is 0 Å². The smallest absolute Gasteiger partial charge is 0.123 e. The second-order valence-electron chi connectivity index (χ2n) is 2.84. The molecule has 12 heavy (non-hydrogen) atoms. The van der Waals surface area contributed by atoms with E-state index in [9.17, 15) is 4.39 Å². The molecular weight excluding hydrogens is 155 g/mol. The highest BCUT2D eigenvalue weighted by Crippen LogP contribution is 2.15. The Morgan fingerprint density at radius 3 is 2.75 bits per heavy atom. The summed E-state index contributed by atoms with van der Waals surface area (Å²) in [6.45, 7) is 2.23. The van der Waals surface area contributed by atoms with Crippen molar-refractivity contribution in [1.29, 1.82) is 0 Å². The number of halogens is 1. The molecule has 2 nitrogen and oxygen atoms in total. The maximum Gasteiger partial charge on any atom is 0.123 e. The quantitative estimate of drug-likeness (QED) is 0.694. The standard InChI is InChI=1S/C9H13FN2/c1-6-2-3-7(10)4-8(6)9(12)5-11/h2-4,9H,5,11-12H2,1H3. The van der Waals surface area contributed by atoms with Crippen molar-refractivity contribution in [3.8, 4) is 0 Å². The predicted octanol–water partition coefficient (Wildman–Crippen LogP) is 1.09. The highest BCUT2D eigenvalue weighted by atomic mass is 19.1. The Labute approximate surface area is 71.4 Å². The first-order valence-electron chi connectivity index (χ1n) is 3.87. The molecule has 0 bridgehead atoms. The molecule has 0 radical (unpaired) electrons. The van der Waals surface area contributed by atoms with Crippen molar-refractivity contribution < 1.29 is 4.39 Å². The fourth-order valence-corrected chi connectivity index (χ4v) is 1.14. The molecule has 0 aliphatic carbocycles. The molecule has 0 aliphatic heterocycles. The number of hydrogen-bond donors (Lipinski definition) is 2. The molecular formula is C9H13FN2. The SMILES string of the molecule is Cc1ccc(F)cc1C(N)CN. The highest BCUT2D eigenvalue weighted by molar-refractivity contribution is 5.29. The normalized spacial score (nSPS) is 13.0. The molecule has 1 aromatic carbocycles. The molecule has 1 aromatic rings. The number of rotatable bonds is 2. The number of hydrogen-bond acceptors (Lipinski definition) is 2. The molecule has 0 aromatic heterocycles. The van der Waals surface area contributed by atoms with E-state index in [-0.39, 0.29) is 11.9 Å². The van der Waals surface area contributed by atoms with Gasteiger partial charge in [0.1, 0.15) is 5.82 Å². The first kappa shape index (κ1) is 9.16. The van der Waals surface area contributed by atoms with Crippen LogP contribution in [0.15, 0.2) is 18.2 Å². The van der Waals surface area contributed by atoms with Crippen LogP contribution in [0.2, 0.25) is 0 Å². The fourth-order valence-electron chi connectivity index (χ4n) is 1.14. The monoisotopic (exact) mass is 168 g/mol. The zero-order valence-corrected chi connectivity index (χ0v) is 7.05. The van der Waals surface area contributed by atoms with Crippen LogP contribution in [0.1, 0.15) is 17.2 Å². The van der Waals surface area contributed by atoms with Gasteiger partial charge < -0.3 is 11.5 Å². The molecule has 0 aliphatic rings. The maximum absolute atomic E-state index is 12.7. The Hall–Kier alpha value is -0.930. The minimum absolute atomic E-state index is 0.263. The van der Waals surface area contributed by atoms with Crippen molar-refractivity contribution in [3.05, 3.63) is 35.1 Å². The highest BCUT2D eigenvalue weighted by Gasteiger charge is 2.07. The van der Waals surface area contributed by atoms with Gasteiger partial charge in [-0.3, -0.25) is 0 Å². The Balaban J connectivity index is 3.04. The van der Waals surface area contributed by atoms with Gasteiger partial charge in [0.15, 0.2) is 0 Å². The molecule has 0 amide bonds. The lowest BCUT2D eigenvalue weighted by Crippen LogP contribution is -2.21. The third-order valence-electron chi connectivity index (χ3n) is 1.89. The molecule has 0 heterocycles. The van der Waals surface area contributed by atoms with Gasteiger partial charge in [-0.05, 0) is 30.2 Å². The fraction of sp³-hybridized carbons (Fsp3) is 0.333. The lowest BCUT2D eigenvalue weighted by molar-refractivity contribution is 0.618. The molecule has 0 saturated heterocycles. The van der Waals surface area contributed by atoms with Gasteiger partial charge in [0.2, 0.25) is 0 Å². The van der Waals surface area contributed by atoms with Crippen LogP contribution in [0, 0.1) is 12.7 Å². The van der Waals surface area contributed by atoms with Crippen LogP contribution in [-0.2, 0) is 0 Å². The van der Waals surface area contributed by atoms with Crippen LogP contribution in [0.4, 0.5) is 4.39 Å². The summed E-state index contributed by atoms with van der Waals surface area (Å²) in [7, 11) is 0. The lowest BCUT2D eigenvalue weighted by atomic mass is 10.0. The van der Waals surface area contributed by atoms with Gasteiger partial charge in [-0.2, -0.15) is 0 Å². The van der Waals surface area contributed by atoms with Crippen LogP contribution in [0.25, 0.3) is 0 Å². The van der Waals surface area contributed by atoms with Crippen LogP contribution in [0.5, 0.6) is 0 Å². The van der Waals surface area contributed by atoms with Crippen LogP contribution < -0.4 is 11.5 Å².